The van der Waals surface area contributed by atoms with E-state index in [2.05, 4.69) is 9.97 Å². The van der Waals surface area contributed by atoms with Crippen molar-refractivity contribution in [2.24, 2.45) is 0 Å². The molecule has 1 N–H and O–H groups in total. The largest absolute Gasteiger partial charge is 0.465 e. The van der Waals surface area contributed by atoms with Crippen molar-refractivity contribution in [3.63, 3.8) is 0 Å². The van der Waals surface area contributed by atoms with E-state index in [0.29, 0.717) is 12.5 Å². The molecule has 0 aromatic carbocycles. The van der Waals surface area contributed by atoms with E-state index in [-0.39, 0.29) is 11.8 Å². The molecule has 1 aromatic rings. The van der Waals surface area contributed by atoms with Crippen LogP contribution in [0.15, 0.2) is 16.0 Å². The molecule has 1 atom stereocenters. The number of esters is 1. The third kappa shape index (κ3) is 4.55. The molecule has 20 heavy (non-hydrogen) atoms. The standard InChI is InChI=1S/C11H13F3N2O3S/c1-3-6(9(18)19-4-2)20-10-15-7(11(12,13)14)5-8(17)16-10/h5-6H,3-4H2,1-2H3,(H,15,16,17)/t6-/m1/s1. The van der Waals surface area contributed by atoms with Gasteiger partial charge < -0.3 is 9.72 Å². The van der Waals surface area contributed by atoms with Crippen molar-refractivity contribution < 1.29 is 22.7 Å². The van der Waals surface area contributed by atoms with Gasteiger partial charge in [0.25, 0.3) is 5.56 Å². The SMILES string of the molecule is CCOC(=O)[C@@H](CC)Sc1nc(C(F)(F)F)cc(=O)[nH]1. The summed E-state index contributed by atoms with van der Waals surface area (Å²) in [6.07, 6.45) is -4.38. The summed E-state index contributed by atoms with van der Waals surface area (Å²) in [4.78, 5) is 28.2. The van der Waals surface area contributed by atoms with Crippen LogP contribution in [0.3, 0.4) is 0 Å². The Balaban J connectivity index is 2.99. The fraction of sp³-hybridized carbons (Fsp3) is 0.545. The molecule has 0 saturated carbocycles. The van der Waals surface area contributed by atoms with Crippen molar-refractivity contribution in [1.29, 1.82) is 0 Å². The number of hydrogen-bond acceptors (Lipinski definition) is 5. The van der Waals surface area contributed by atoms with E-state index in [1.165, 1.54) is 0 Å². The topological polar surface area (TPSA) is 72.0 Å². The van der Waals surface area contributed by atoms with E-state index in [1.807, 2.05) is 0 Å². The zero-order valence-corrected chi connectivity index (χ0v) is 11.6. The monoisotopic (exact) mass is 310 g/mol. The van der Waals surface area contributed by atoms with E-state index in [4.69, 9.17) is 4.74 Å². The number of aromatic nitrogens is 2. The molecule has 0 unspecified atom stereocenters. The zero-order chi connectivity index (χ0) is 15.3. The van der Waals surface area contributed by atoms with Gasteiger partial charge in [-0.25, -0.2) is 4.98 Å². The minimum absolute atomic E-state index is 0.169. The first kappa shape index (κ1) is 16.5. The maximum absolute atomic E-state index is 12.5. The number of H-pyrrole nitrogens is 1. The number of carbonyl (C=O) groups is 1. The van der Waals surface area contributed by atoms with E-state index in [1.54, 1.807) is 13.8 Å². The van der Waals surface area contributed by atoms with Crippen molar-refractivity contribution >= 4 is 17.7 Å². The summed E-state index contributed by atoms with van der Waals surface area (Å²) >= 11 is 0.740. The summed E-state index contributed by atoms with van der Waals surface area (Å²) in [5.74, 6) is -0.555. The molecule has 0 bridgehead atoms. The molecule has 112 valence electrons. The Hall–Kier alpha value is -1.51. The van der Waals surface area contributed by atoms with Gasteiger partial charge in [-0.3, -0.25) is 9.59 Å². The second-order valence-electron chi connectivity index (χ2n) is 3.70. The number of halogens is 3. The summed E-state index contributed by atoms with van der Waals surface area (Å²) in [6.45, 7) is 3.47. The molecule has 0 aliphatic heterocycles. The van der Waals surface area contributed by atoms with Crippen molar-refractivity contribution in [3.05, 3.63) is 22.1 Å². The van der Waals surface area contributed by atoms with E-state index < -0.39 is 28.6 Å². The molecule has 0 amide bonds. The molecule has 1 aromatic heterocycles. The van der Waals surface area contributed by atoms with Crippen molar-refractivity contribution in [1.82, 2.24) is 9.97 Å². The molecule has 0 aliphatic rings. The van der Waals surface area contributed by atoms with E-state index in [9.17, 15) is 22.8 Å². The van der Waals surface area contributed by atoms with Gasteiger partial charge >= 0.3 is 12.1 Å². The van der Waals surface area contributed by atoms with Gasteiger partial charge in [-0.15, -0.1) is 0 Å². The third-order valence-corrected chi connectivity index (χ3v) is 3.41. The predicted molar refractivity (Wildman–Crippen MR) is 66.4 cm³/mol. The van der Waals surface area contributed by atoms with Crippen molar-refractivity contribution in [3.8, 4) is 0 Å². The second kappa shape index (κ2) is 6.78. The fourth-order valence-corrected chi connectivity index (χ4v) is 2.22. The maximum Gasteiger partial charge on any atom is 0.433 e. The summed E-state index contributed by atoms with van der Waals surface area (Å²) in [5.41, 5.74) is -2.21. The van der Waals surface area contributed by atoms with Gasteiger partial charge in [0, 0.05) is 6.07 Å². The number of thioether (sulfide) groups is 1. The van der Waals surface area contributed by atoms with Crippen LogP contribution in [0.1, 0.15) is 26.0 Å². The molecule has 1 rings (SSSR count). The Morgan fingerprint density at radius 2 is 2.15 bits per heavy atom. The number of alkyl halides is 3. The number of ether oxygens (including phenoxy) is 1. The number of aromatic amines is 1. The summed E-state index contributed by atoms with van der Waals surface area (Å²) in [7, 11) is 0. The van der Waals surface area contributed by atoms with Gasteiger partial charge in [-0.1, -0.05) is 18.7 Å². The Bertz CT molecular complexity index is 530. The van der Waals surface area contributed by atoms with Crippen LogP contribution in [0.2, 0.25) is 0 Å². The van der Waals surface area contributed by atoms with Crippen molar-refractivity contribution in [2.45, 2.75) is 36.9 Å². The van der Waals surface area contributed by atoms with Crippen LogP contribution in [0.4, 0.5) is 13.2 Å². The smallest absolute Gasteiger partial charge is 0.433 e. The molecule has 0 radical (unpaired) electrons. The Morgan fingerprint density at radius 1 is 1.50 bits per heavy atom. The number of rotatable bonds is 5. The molecule has 0 spiro atoms. The third-order valence-electron chi connectivity index (χ3n) is 2.18. The number of nitrogens with one attached hydrogen (secondary N) is 1. The highest BCUT2D eigenvalue weighted by atomic mass is 32.2. The van der Waals surface area contributed by atoms with Gasteiger partial charge in [0.15, 0.2) is 10.9 Å². The lowest BCUT2D eigenvalue weighted by Crippen LogP contribution is -2.22. The van der Waals surface area contributed by atoms with Crippen LogP contribution in [-0.2, 0) is 15.7 Å². The Morgan fingerprint density at radius 3 is 2.65 bits per heavy atom. The lowest BCUT2D eigenvalue weighted by molar-refractivity contribution is -0.142. The summed E-state index contributed by atoms with van der Waals surface area (Å²) < 4.78 is 42.4. The molecule has 0 aliphatic carbocycles. The highest BCUT2D eigenvalue weighted by molar-refractivity contribution is 8.00. The van der Waals surface area contributed by atoms with Gasteiger partial charge in [0.1, 0.15) is 5.25 Å². The van der Waals surface area contributed by atoms with Gasteiger partial charge in [-0.05, 0) is 13.3 Å². The highest BCUT2D eigenvalue weighted by Crippen LogP contribution is 2.29. The van der Waals surface area contributed by atoms with E-state index >= 15 is 0 Å². The number of nitrogens with zero attached hydrogens (tertiary/aromatic N) is 1. The lowest BCUT2D eigenvalue weighted by atomic mass is 10.3. The lowest BCUT2D eigenvalue weighted by Gasteiger charge is -2.13. The molecular formula is C11H13F3N2O3S. The first-order valence-corrected chi connectivity index (χ1v) is 6.67. The summed E-state index contributed by atoms with van der Waals surface area (Å²) in [5, 5.41) is -0.980. The average molecular weight is 310 g/mol. The van der Waals surface area contributed by atoms with Crippen molar-refractivity contribution in [2.75, 3.05) is 6.61 Å². The normalized spacial score (nSPS) is 13.1. The Kier molecular flexibility index (Phi) is 5.61. The molecule has 1 heterocycles. The quantitative estimate of drug-likeness (QED) is 0.513. The number of hydrogen-bond donors (Lipinski definition) is 1. The first-order valence-electron chi connectivity index (χ1n) is 5.79. The molecular weight excluding hydrogens is 297 g/mol. The van der Waals surface area contributed by atoms with E-state index in [0.717, 1.165) is 11.8 Å². The molecule has 9 heteroatoms. The average Bonchev–Trinajstić information content (AvgIpc) is 2.34. The van der Waals surface area contributed by atoms with Crippen LogP contribution >= 0.6 is 11.8 Å². The first-order chi connectivity index (χ1) is 9.27. The van der Waals surface area contributed by atoms with Gasteiger partial charge in [-0.2, -0.15) is 13.2 Å². The van der Waals surface area contributed by atoms with Crippen LogP contribution in [-0.4, -0.2) is 27.8 Å². The molecule has 5 nitrogen and oxygen atoms in total. The minimum Gasteiger partial charge on any atom is -0.465 e. The van der Waals surface area contributed by atoms with Crippen LogP contribution in [0.25, 0.3) is 0 Å². The Labute approximate surface area is 116 Å². The highest BCUT2D eigenvalue weighted by Gasteiger charge is 2.34. The maximum atomic E-state index is 12.5. The molecule has 0 fully saturated rings. The van der Waals surface area contributed by atoms with Crippen LogP contribution in [0, 0.1) is 0 Å². The second-order valence-corrected chi connectivity index (χ2v) is 4.89. The number of carbonyl (C=O) groups excluding carboxylic acids is 1. The minimum atomic E-state index is -4.71. The predicted octanol–water partition coefficient (Wildman–Crippen LogP) is 2.22. The van der Waals surface area contributed by atoms with Gasteiger partial charge in [0.05, 0.1) is 6.61 Å². The molecule has 0 saturated heterocycles. The van der Waals surface area contributed by atoms with Crippen LogP contribution < -0.4 is 5.56 Å². The van der Waals surface area contributed by atoms with Gasteiger partial charge in [0.2, 0.25) is 0 Å². The fourth-order valence-electron chi connectivity index (χ4n) is 1.30. The van der Waals surface area contributed by atoms with Crippen LogP contribution in [0.5, 0.6) is 0 Å². The summed E-state index contributed by atoms with van der Waals surface area (Å²) in [6, 6.07) is 0.370. The zero-order valence-electron chi connectivity index (χ0n) is 10.8.